The molecule has 1 fully saturated rings. The first-order valence-electron chi connectivity index (χ1n) is 7.25. The van der Waals surface area contributed by atoms with E-state index < -0.39 is 33.1 Å². The van der Waals surface area contributed by atoms with Crippen molar-refractivity contribution < 1.29 is 22.3 Å². The Morgan fingerprint density at radius 3 is 2.60 bits per heavy atom. The monoisotopic (exact) mass is 455 g/mol. The molecule has 1 atom stereocenters. The Balaban J connectivity index is 2.45. The Hall–Kier alpha value is -1.20. The number of halogens is 2. The second kappa shape index (κ2) is 6.51. The summed E-state index contributed by atoms with van der Waals surface area (Å²) in [5.41, 5.74) is -2.05. The van der Waals surface area contributed by atoms with Gasteiger partial charge in [0.1, 0.15) is 11.4 Å². The molecule has 11 heteroatoms. The van der Waals surface area contributed by atoms with E-state index in [4.69, 9.17) is 4.74 Å². The van der Waals surface area contributed by atoms with Gasteiger partial charge in [0.05, 0.1) is 20.0 Å². The first-order valence-corrected chi connectivity index (χ1v) is 10.5. The van der Waals surface area contributed by atoms with Crippen LogP contribution in [0.1, 0.15) is 32.6 Å². The number of aliphatic imine (C=N–C) groups is 1. The van der Waals surface area contributed by atoms with Crippen molar-refractivity contribution in [1.29, 1.82) is 0 Å². The van der Waals surface area contributed by atoms with Gasteiger partial charge in [0.25, 0.3) is 0 Å². The molecule has 1 aliphatic rings. The molecule has 0 unspecified atom stereocenters. The predicted octanol–water partition coefficient (Wildman–Crippen LogP) is 3.02. The summed E-state index contributed by atoms with van der Waals surface area (Å²) in [5.74, 6) is -1.14. The molecule has 1 aromatic rings. The molecule has 1 aromatic heterocycles. The molecule has 140 valence electrons. The molecular formula is C14H19BrFN3O4S2. The summed E-state index contributed by atoms with van der Waals surface area (Å²) in [6.07, 6.45) is -0.936. The van der Waals surface area contributed by atoms with Crippen LogP contribution in [0.25, 0.3) is 0 Å². The van der Waals surface area contributed by atoms with E-state index in [0.29, 0.717) is 3.79 Å². The van der Waals surface area contributed by atoms with E-state index in [2.05, 4.69) is 26.2 Å². The van der Waals surface area contributed by atoms with E-state index in [1.807, 2.05) is 0 Å². The quantitative estimate of drug-likeness (QED) is 0.702. The van der Waals surface area contributed by atoms with Crippen molar-refractivity contribution in [3.05, 3.63) is 20.5 Å². The number of nitrogens with one attached hydrogen (secondary N) is 1. The van der Waals surface area contributed by atoms with Crippen molar-refractivity contribution in [1.82, 2.24) is 9.62 Å². The fourth-order valence-electron chi connectivity index (χ4n) is 2.26. The number of hydrogen-bond acceptors (Lipinski definition) is 5. The van der Waals surface area contributed by atoms with Crippen molar-refractivity contribution in [3.63, 3.8) is 0 Å². The number of thiophene rings is 1. The summed E-state index contributed by atoms with van der Waals surface area (Å²) in [7, 11) is -2.54. The standard InChI is InChI=1S/C14H19BrFN3O4S2/c1-13(2,3)23-12(20)17-11-18-14(4,7-25(21,22)19(11)5)10-8(16)6-9(15)24-10/h6H,7H2,1-5H3,(H,17,18,20)/t14-/m0/s1. The highest BCUT2D eigenvalue weighted by Crippen LogP contribution is 2.37. The van der Waals surface area contributed by atoms with Crippen molar-refractivity contribution in [2.45, 2.75) is 38.8 Å². The summed E-state index contributed by atoms with van der Waals surface area (Å²) >= 11 is 4.27. The van der Waals surface area contributed by atoms with Crippen molar-refractivity contribution >= 4 is 49.3 Å². The lowest BCUT2D eigenvalue weighted by Crippen LogP contribution is -2.61. The van der Waals surface area contributed by atoms with Crippen LogP contribution in [0.4, 0.5) is 9.18 Å². The molecule has 0 spiro atoms. The molecule has 25 heavy (non-hydrogen) atoms. The number of carbonyl (C=O) groups excluding carboxylic acids is 1. The number of guanidine groups is 1. The lowest BCUT2D eigenvalue weighted by Gasteiger charge is -2.39. The van der Waals surface area contributed by atoms with Crippen LogP contribution in [0.15, 0.2) is 14.8 Å². The fraction of sp³-hybridized carbons (Fsp3) is 0.571. The van der Waals surface area contributed by atoms with Crippen LogP contribution < -0.4 is 5.32 Å². The molecule has 0 saturated carbocycles. The average molecular weight is 456 g/mol. The highest BCUT2D eigenvalue weighted by molar-refractivity contribution is 9.11. The third-order valence-corrected chi connectivity index (χ3v) is 7.15. The van der Waals surface area contributed by atoms with Gasteiger partial charge in [-0.25, -0.2) is 21.9 Å². The topological polar surface area (TPSA) is 88.1 Å². The summed E-state index contributed by atoms with van der Waals surface area (Å²) in [4.78, 5) is 15.9. The SMILES string of the molecule is CN1/C(=N/C(=O)OC(C)(C)C)N[C@](C)(c2sc(Br)cc2F)CS1(=O)=O. The summed E-state index contributed by atoms with van der Waals surface area (Å²) in [6, 6.07) is 1.27. The molecule has 1 amide bonds. The largest absolute Gasteiger partial charge is 0.442 e. The summed E-state index contributed by atoms with van der Waals surface area (Å²) < 4.78 is 45.7. The number of amides is 1. The minimum absolute atomic E-state index is 0.202. The van der Waals surface area contributed by atoms with Crippen molar-refractivity contribution in [3.8, 4) is 0 Å². The fourth-order valence-corrected chi connectivity index (χ4v) is 5.39. The van der Waals surface area contributed by atoms with E-state index in [9.17, 15) is 17.6 Å². The number of rotatable bonds is 1. The number of sulfonamides is 1. The first kappa shape index (κ1) is 20.1. The molecule has 7 nitrogen and oxygen atoms in total. The second-order valence-corrected chi connectivity index (χ2v) is 11.3. The van der Waals surface area contributed by atoms with Gasteiger partial charge < -0.3 is 10.1 Å². The molecule has 1 aliphatic heterocycles. The Labute approximate surface area is 158 Å². The van der Waals surface area contributed by atoms with Gasteiger partial charge in [0.2, 0.25) is 16.0 Å². The molecular weight excluding hydrogens is 437 g/mol. The molecule has 0 aliphatic carbocycles. The van der Waals surface area contributed by atoms with Gasteiger partial charge in [-0.3, -0.25) is 0 Å². The minimum atomic E-state index is -3.81. The predicted molar refractivity (Wildman–Crippen MR) is 97.7 cm³/mol. The zero-order valence-electron chi connectivity index (χ0n) is 14.4. The lowest BCUT2D eigenvalue weighted by atomic mass is 10.0. The highest BCUT2D eigenvalue weighted by Gasteiger charge is 2.45. The third-order valence-electron chi connectivity index (χ3n) is 3.32. The first-order chi connectivity index (χ1) is 11.2. The Bertz CT molecular complexity index is 832. The molecule has 1 saturated heterocycles. The van der Waals surface area contributed by atoms with E-state index in [1.54, 1.807) is 27.7 Å². The van der Waals surface area contributed by atoms with E-state index >= 15 is 0 Å². The molecule has 2 rings (SSSR count). The average Bonchev–Trinajstić information content (AvgIpc) is 2.72. The van der Waals surface area contributed by atoms with Gasteiger partial charge in [-0.1, -0.05) is 0 Å². The van der Waals surface area contributed by atoms with Crippen LogP contribution in [0.2, 0.25) is 0 Å². The van der Waals surface area contributed by atoms with Crippen LogP contribution in [-0.2, 0) is 20.3 Å². The Kier molecular flexibility index (Phi) is 5.24. The summed E-state index contributed by atoms with van der Waals surface area (Å²) in [5, 5.41) is 2.87. The van der Waals surface area contributed by atoms with E-state index in [0.717, 1.165) is 15.6 Å². The van der Waals surface area contributed by atoms with Gasteiger partial charge in [-0.05, 0) is 49.7 Å². The second-order valence-electron chi connectivity index (χ2n) is 6.82. The number of ether oxygens (including phenoxy) is 1. The third kappa shape index (κ3) is 4.50. The van der Waals surface area contributed by atoms with Crippen LogP contribution in [-0.4, -0.2) is 43.2 Å². The normalized spacial score (nSPS) is 24.9. The lowest BCUT2D eigenvalue weighted by molar-refractivity contribution is 0.0602. The number of hydrogen-bond donors (Lipinski definition) is 1. The van der Waals surface area contributed by atoms with Crippen LogP contribution in [0, 0.1) is 5.82 Å². The maximum Gasteiger partial charge on any atom is 0.437 e. The van der Waals surface area contributed by atoms with Crippen molar-refractivity contribution in [2.24, 2.45) is 4.99 Å². The van der Waals surface area contributed by atoms with Gasteiger partial charge >= 0.3 is 6.09 Å². The molecule has 0 bridgehead atoms. The van der Waals surface area contributed by atoms with Gasteiger partial charge in [0, 0.05) is 7.05 Å². The van der Waals surface area contributed by atoms with Gasteiger partial charge in [0.15, 0.2) is 0 Å². The highest BCUT2D eigenvalue weighted by atomic mass is 79.9. The van der Waals surface area contributed by atoms with E-state index in [1.165, 1.54) is 13.1 Å². The smallest absolute Gasteiger partial charge is 0.437 e. The maximum absolute atomic E-state index is 14.2. The Morgan fingerprint density at radius 2 is 2.12 bits per heavy atom. The van der Waals surface area contributed by atoms with Crippen LogP contribution >= 0.6 is 27.3 Å². The zero-order chi connectivity index (χ0) is 19.2. The molecule has 0 radical (unpaired) electrons. The molecule has 0 aromatic carbocycles. The summed E-state index contributed by atoms with van der Waals surface area (Å²) in [6.45, 7) is 6.55. The van der Waals surface area contributed by atoms with Crippen LogP contribution in [0.5, 0.6) is 0 Å². The number of nitrogens with zero attached hydrogens (tertiary/aromatic N) is 2. The Morgan fingerprint density at radius 1 is 1.52 bits per heavy atom. The maximum atomic E-state index is 14.2. The van der Waals surface area contributed by atoms with E-state index in [-0.39, 0.29) is 16.6 Å². The molecule has 2 heterocycles. The van der Waals surface area contributed by atoms with Crippen LogP contribution in [0.3, 0.4) is 0 Å². The zero-order valence-corrected chi connectivity index (χ0v) is 17.6. The van der Waals surface area contributed by atoms with Crippen molar-refractivity contribution in [2.75, 3.05) is 12.8 Å². The molecule has 1 N–H and O–H groups in total. The minimum Gasteiger partial charge on any atom is -0.442 e. The number of carbonyl (C=O) groups is 1. The van der Waals surface area contributed by atoms with Gasteiger partial charge in [-0.2, -0.15) is 0 Å². The van der Waals surface area contributed by atoms with Gasteiger partial charge in [-0.15, -0.1) is 16.3 Å².